The second kappa shape index (κ2) is 5.88. The lowest BCUT2D eigenvalue weighted by molar-refractivity contribution is -0.120. The molecule has 0 aliphatic rings. The highest BCUT2D eigenvalue weighted by Gasteiger charge is 2.33. The molecule has 1 aromatic rings. The third kappa shape index (κ3) is 3.84. The van der Waals surface area contributed by atoms with Gasteiger partial charge in [-0.3, -0.25) is 0 Å². The lowest BCUT2D eigenvalue weighted by atomic mass is 10.3. The van der Waals surface area contributed by atoms with Crippen LogP contribution in [0, 0.1) is 0 Å². The van der Waals surface area contributed by atoms with Crippen molar-refractivity contribution in [2.45, 2.75) is 46.0 Å². The molecule has 0 saturated carbocycles. The molecule has 0 fully saturated rings. The van der Waals surface area contributed by atoms with Crippen LogP contribution in [0.15, 0.2) is 0 Å². The lowest BCUT2D eigenvalue weighted by Gasteiger charge is -2.27. The van der Waals surface area contributed by atoms with Crippen LogP contribution in [-0.4, -0.2) is 28.9 Å². The molecule has 0 aliphatic heterocycles. The van der Waals surface area contributed by atoms with E-state index in [0.717, 1.165) is 11.3 Å². The number of hydrogen-bond donors (Lipinski definition) is 1. The molecule has 3 nitrogen and oxygen atoms in total. The van der Waals surface area contributed by atoms with Crippen molar-refractivity contribution in [1.29, 1.82) is 0 Å². The van der Waals surface area contributed by atoms with Gasteiger partial charge in [-0.2, -0.15) is 13.2 Å². The first kappa shape index (κ1) is 15.2. The average molecular weight is 282 g/mol. The number of aliphatic hydroxyl groups excluding tert-OH is 1. The van der Waals surface area contributed by atoms with E-state index >= 15 is 0 Å². The average Bonchev–Trinajstić information content (AvgIpc) is 2.67. The standard InChI is InChI=1S/C11H17F3N2OS/c1-4-8-9(5-17)18-10(15-8)16(7(2)3)6-11(12,13)14/h7,17H,4-6H2,1-3H3. The van der Waals surface area contributed by atoms with Gasteiger partial charge in [0, 0.05) is 6.04 Å². The highest BCUT2D eigenvalue weighted by Crippen LogP contribution is 2.30. The Morgan fingerprint density at radius 3 is 2.33 bits per heavy atom. The number of alkyl halides is 3. The van der Waals surface area contributed by atoms with E-state index in [1.807, 2.05) is 6.92 Å². The van der Waals surface area contributed by atoms with Crippen LogP contribution >= 0.6 is 11.3 Å². The summed E-state index contributed by atoms with van der Waals surface area (Å²) in [5.41, 5.74) is 0.672. The minimum Gasteiger partial charge on any atom is -0.391 e. The Morgan fingerprint density at radius 2 is 2.00 bits per heavy atom. The summed E-state index contributed by atoms with van der Waals surface area (Å²) in [6.45, 7) is 4.04. The molecule has 1 rings (SSSR count). The normalized spacial score (nSPS) is 12.2. The van der Waals surface area contributed by atoms with Gasteiger partial charge in [0.05, 0.1) is 17.2 Å². The molecule has 0 bridgehead atoms. The molecule has 0 spiro atoms. The fourth-order valence-electron chi connectivity index (χ4n) is 1.56. The van der Waals surface area contributed by atoms with Crippen molar-refractivity contribution in [2.24, 2.45) is 0 Å². The third-order valence-corrected chi connectivity index (χ3v) is 3.58. The molecule has 0 atom stereocenters. The smallest absolute Gasteiger partial charge is 0.391 e. The second-order valence-electron chi connectivity index (χ2n) is 4.21. The van der Waals surface area contributed by atoms with E-state index < -0.39 is 12.7 Å². The van der Waals surface area contributed by atoms with Crippen molar-refractivity contribution < 1.29 is 18.3 Å². The number of thiazole rings is 1. The number of hydrogen-bond acceptors (Lipinski definition) is 4. The molecule has 1 heterocycles. The van der Waals surface area contributed by atoms with Gasteiger partial charge < -0.3 is 10.0 Å². The lowest BCUT2D eigenvalue weighted by Crippen LogP contribution is -2.39. The minimum absolute atomic E-state index is 0.182. The number of aromatic nitrogens is 1. The molecular weight excluding hydrogens is 265 g/mol. The molecule has 0 aliphatic carbocycles. The first-order chi connectivity index (χ1) is 8.28. The van der Waals surface area contributed by atoms with Crippen LogP contribution in [-0.2, 0) is 13.0 Å². The van der Waals surface area contributed by atoms with Crippen LogP contribution < -0.4 is 4.90 Å². The van der Waals surface area contributed by atoms with E-state index in [1.165, 1.54) is 4.90 Å². The Kier molecular flexibility index (Phi) is 4.98. The van der Waals surface area contributed by atoms with Crippen LogP contribution in [0.1, 0.15) is 31.3 Å². The summed E-state index contributed by atoms with van der Waals surface area (Å²) < 4.78 is 37.5. The number of halogens is 3. The van der Waals surface area contributed by atoms with Gasteiger partial charge in [0.15, 0.2) is 5.13 Å². The number of anilines is 1. The molecule has 7 heteroatoms. The van der Waals surface area contributed by atoms with Crippen molar-refractivity contribution in [2.75, 3.05) is 11.4 Å². The molecule has 0 saturated heterocycles. The fourth-order valence-corrected chi connectivity index (χ4v) is 2.70. The van der Waals surface area contributed by atoms with Gasteiger partial charge in [-0.1, -0.05) is 18.3 Å². The van der Waals surface area contributed by atoms with Crippen LogP contribution in [0.25, 0.3) is 0 Å². The van der Waals surface area contributed by atoms with Crippen molar-refractivity contribution in [3.63, 3.8) is 0 Å². The van der Waals surface area contributed by atoms with Crippen LogP contribution in [0.5, 0.6) is 0 Å². The van der Waals surface area contributed by atoms with Crippen LogP contribution in [0.4, 0.5) is 18.3 Å². The first-order valence-electron chi connectivity index (χ1n) is 5.71. The summed E-state index contributed by atoms with van der Waals surface area (Å²) in [6.07, 6.45) is -3.66. The Bertz CT molecular complexity index is 369. The fraction of sp³-hybridized carbons (Fsp3) is 0.727. The maximum atomic E-state index is 12.5. The zero-order valence-electron chi connectivity index (χ0n) is 10.6. The number of nitrogens with zero attached hydrogens (tertiary/aromatic N) is 2. The Morgan fingerprint density at radius 1 is 1.39 bits per heavy atom. The van der Waals surface area contributed by atoms with Crippen LogP contribution in [0.3, 0.4) is 0 Å². The zero-order valence-corrected chi connectivity index (χ0v) is 11.4. The summed E-state index contributed by atoms with van der Waals surface area (Å²) in [5, 5.41) is 9.47. The van der Waals surface area contributed by atoms with Gasteiger partial charge in [-0.25, -0.2) is 4.98 Å². The van der Waals surface area contributed by atoms with E-state index in [9.17, 15) is 13.2 Å². The van der Waals surface area contributed by atoms with Crippen molar-refractivity contribution in [1.82, 2.24) is 4.98 Å². The molecule has 0 amide bonds. The SMILES string of the molecule is CCc1nc(N(CC(F)(F)F)C(C)C)sc1CO. The van der Waals surface area contributed by atoms with Crippen molar-refractivity contribution in [3.05, 3.63) is 10.6 Å². The van der Waals surface area contributed by atoms with Gasteiger partial charge in [-0.05, 0) is 20.3 Å². The predicted molar refractivity (Wildman–Crippen MR) is 66.0 cm³/mol. The molecule has 1 N–H and O–H groups in total. The molecular formula is C11H17F3N2OS. The number of aliphatic hydroxyl groups is 1. The van der Waals surface area contributed by atoms with E-state index in [4.69, 9.17) is 5.11 Å². The Hall–Kier alpha value is -0.820. The van der Waals surface area contributed by atoms with Crippen LogP contribution in [0.2, 0.25) is 0 Å². The summed E-state index contributed by atoms with van der Waals surface area (Å²) in [7, 11) is 0. The first-order valence-corrected chi connectivity index (χ1v) is 6.53. The molecule has 18 heavy (non-hydrogen) atoms. The molecule has 0 radical (unpaired) electrons. The Labute approximate surface area is 108 Å². The molecule has 104 valence electrons. The van der Waals surface area contributed by atoms with E-state index in [-0.39, 0.29) is 12.6 Å². The van der Waals surface area contributed by atoms with Crippen molar-refractivity contribution in [3.8, 4) is 0 Å². The van der Waals surface area contributed by atoms with Gasteiger partial charge in [0.2, 0.25) is 0 Å². The molecule has 1 aromatic heterocycles. The zero-order chi connectivity index (χ0) is 13.9. The minimum atomic E-state index is -4.26. The summed E-state index contributed by atoms with van der Waals surface area (Å²) >= 11 is 1.13. The summed E-state index contributed by atoms with van der Waals surface area (Å²) in [4.78, 5) is 6.04. The summed E-state index contributed by atoms with van der Waals surface area (Å²) in [6, 6.07) is -0.297. The predicted octanol–water partition coefficient (Wildman–Crippen LogP) is 2.97. The van der Waals surface area contributed by atoms with Gasteiger partial charge in [-0.15, -0.1) is 0 Å². The quantitative estimate of drug-likeness (QED) is 0.902. The highest BCUT2D eigenvalue weighted by atomic mass is 32.1. The largest absolute Gasteiger partial charge is 0.406 e. The maximum absolute atomic E-state index is 12.5. The van der Waals surface area contributed by atoms with E-state index in [2.05, 4.69) is 4.98 Å². The molecule has 0 unspecified atom stereocenters. The number of aryl methyl sites for hydroxylation is 1. The third-order valence-electron chi connectivity index (χ3n) is 2.46. The maximum Gasteiger partial charge on any atom is 0.406 e. The molecule has 0 aromatic carbocycles. The van der Waals surface area contributed by atoms with Crippen molar-refractivity contribution >= 4 is 16.5 Å². The number of rotatable bonds is 5. The summed E-state index contributed by atoms with van der Waals surface area (Å²) in [5.74, 6) is 0. The van der Waals surface area contributed by atoms with E-state index in [0.29, 0.717) is 22.1 Å². The topological polar surface area (TPSA) is 36.4 Å². The van der Waals surface area contributed by atoms with Gasteiger partial charge in [0.1, 0.15) is 6.54 Å². The van der Waals surface area contributed by atoms with E-state index in [1.54, 1.807) is 13.8 Å². The van der Waals surface area contributed by atoms with Gasteiger partial charge in [0.25, 0.3) is 0 Å². The Balaban J connectivity index is 3.02. The highest BCUT2D eigenvalue weighted by molar-refractivity contribution is 7.15. The monoisotopic (exact) mass is 282 g/mol. The second-order valence-corrected chi connectivity index (χ2v) is 5.28. The van der Waals surface area contributed by atoms with Gasteiger partial charge >= 0.3 is 6.18 Å².